The van der Waals surface area contributed by atoms with Crippen LogP contribution in [0.2, 0.25) is 0 Å². The van der Waals surface area contributed by atoms with Crippen LogP contribution in [0.25, 0.3) is 0 Å². The van der Waals surface area contributed by atoms with Crippen molar-refractivity contribution in [3.8, 4) is 0 Å². The molecule has 5 nitrogen and oxygen atoms in total. The minimum absolute atomic E-state index is 0.213. The first kappa shape index (κ1) is 6.60. The smallest absolute Gasteiger partial charge is 0.323 e. The van der Waals surface area contributed by atoms with Gasteiger partial charge in [-0.2, -0.15) is 0 Å². The van der Waals surface area contributed by atoms with E-state index in [0.29, 0.717) is 0 Å². The molecule has 0 bridgehead atoms. The predicted octanol–water partition coefficient (Wildman–Crippen LogP) is -0.809. The summed E-state index contributed by atoms with van der Waals surface area (Å²) in [7, 11) is 0. The van der Waals surface area contributed by atoms with E-state index in [9.17, 15) is 14.8 Å². The molecule has 5 heteroatoms. The molecule has 0 aliphatic rings. The Hall–Kier alpha value is -1.52. The lowest BCUT2D eigenvalue weighted by molar-refractivity contribution is 0.865. The molecule has 0 aromatic carbocycles. The highest BCUT2D eigenvalue weighted by Gasteiger charge is 1.92. The summed E-state index contributed by atoms with van der Waals surface area (Å²) in [5.74, 6) is 0. The second-order valence-corrected chi connectivity index (χ2v) is 1.88. The molecule has 1 N–H and O–H groups in total. The lowest BCUT2D eigenvalue weighted by Gasteiger charge is -2.05. The molecule has 0 aliphatic carbocycles. The van der Waals surface area contributed by atoms with Crippen LogP contribution in [0.4, 0.5) is 0 Å². The first-order chi connectivity index (χ1) is 4.63. The Labute approximate surface area is 55.5 Å². The lowest BCUT2D eigenvalue weighted by atomic mass is 10.4. The molecule has 1 aromatic rings. The Bertz CT molecular complexity index is 349. The van der Waals surface area contributed by atoms with Gasteiger partial charge < -0.3 is 10.2 Å². The predicted molar refractivity (Wildman–Crippen MR) is 34.8 cm³/mol. The van der Waals surface area contributed by atoms with Crippen molar-refractivity contribution in [1.82, 2.24) is 9.71 Å². The van der Waals surface area contributed by atoms with Crippen LogP contribution in [-0.4, -0.2) is 9.71 Å². The summed E-state index contributed by atoms with van der Waals surface area (Å²) in [6.07, 6.45) is 1.21. The maximum absolute atomic E-state index is 10.6. The number of H-pyrrole nitrogens is 1. The number of aromatic amines is 1. The van der Waals surface area contributed by atoms with E-state index in [2.05, 4.69) is 4.98 Å². The average molecular weight is 141 g/mol. The fraction of sp³-hybridized carbons (Fsp3) is 0.200. The zero-order chi connectivity index (χ0) is 7.72. The second-order valence-electron chi connectivity index (χ2n) is 1.88. The highest BCUT2D eigenvalue weighted by Crippen LogP contribution is 1.76. The van der Waals surface area contributed by atoms with E-state index in [4.69, 9.17) is 0 Å². The van der Waals surface area contributed by atoms with Crippen molar-refractivity contribution in [2.75, 3.05) is 0 Å². The molecule has 0 aliphatic heterocycles. The molecule has 0 atom stereocenters. The van der Waals surface area contributed by atoms with E-state index in [0.717, 1.165) is 0 Å². The number of nitrogens with one attached hydrogen (secondary N) is 1. The van der Waals surface area contributed by atoms with Gasteiger partial charge in [0.25, 0.3) is 5.56 Å². The van der Waals surface area contributed by atoms with E-state index < -0.39 is 11.2 Å². The van der Waals surface area contributed by atoms with Gasteiger partial charge in [-0.15, -0.1) is 0 Å². The van der Waals surface area contributed by atoms with Crippen molar-refractivity contribution >= 4 is 0 Å². The van der Waals surface area contributed by atoms with Gasteiger partial charge in [0.2, 0.25) is 0 Å². The van der Waals surface area contributed by atoms with Crippen LogP contribution >= 0.6 is 0 Å². The molecule has 1 aromatic heterocycles. The number of hydrogen-bond donors (Lipinski definition) is 1. The van der Waals surface area contributed by atoms with Crippen molar-refractivity contribution in [2.45, 2.75) is 6.92 Å². The molecule has 0 saturated heterocycles. The highest BCUT2D eigenvalue weighted by molar-refractivity contribution is 5.01. The molecule has 0 saturated carbocycles. The van der Waals surface area contributed by atoms with Gasteiger partial charge in [0.1, 0.15) is 0 Å². The number of rotatable bonds is 0. The van der Waals surface area contributed by atoms with E-state index in [1.165, 1.54) is 13.1 Å². The van der Waals surface area contributed by atoms with Gasteiger partial charge in [0.15, 0.2) is 0 Å². The molecule has 0 spiro atoms. The van der Waals surface area contributed by atoms with Crippen LogP contribution in [0.3, 0.4) is 0 Å². The Balaban J connectivity index is 3.66. The minimum atomic E-state index is -0.935. The Morgan fingerprint density at radius 2 is 2.20 bits per heavy atom. The van der Waals surface area contributed by atoms with Gasteiger partial charge >= 0.3 is 5.69 Å². The highest BCUT2D eigenvalue weighted by atomic mass is 16.5. The zero-order valence-electron chi connectivity index (χ0n) is 5.25. The fourth-order valence-corrected chi connectivity index (χ4v) is 0.543. The third kappa shape index (κ3) is 0.812. The van der Waals surface area contributed by atoms with Crippen LogP contribution < -0.4 is 11.2 Å². The summed E-state index contributed by atoms with van der Waals surface area (Å²) in [6, 6.07) is 0. The molecule has 0 unspecified atom stereocenters. The summed E-state index contributed by atoms with van der Waals surface area (Å²) in [6.45, 7) is 1.45. The Morgan fingerprint density at radius 1 is 1.60 bits per heavy atom. The molecular weight excluding hydrogens is 136 g/mol. The van der Waals surface area contributed by atoms with Gasteiger partial charge in [-0.05, 0) is 6.92 Å². The first-order valence-electron chi connectivity index (χ1n) is 2.62. The number of hydrogen-bond acceptors (Lipinski definition) is 3. The normalized spacial score (nSPS) is 9.70. The van der Waals surface area contributed by atoms with Gasteiger partial charge in [-0.1, -0.05) is 0 Å². The average Bonchev–Trinajstić information content (AvgIpc) is 1.93. The molecule has 1 heterocycles. The largest absolute Gasteiger partial charge is 0.800 e. The van der Waals surface area contributed by atoms with Crippen molar-refractivity contribution < 1.29 is 0 Å². The van der Waals surface area contributed by atoms with Gasteiger partial charge in [-0.25, -0.2) is 4.79 Å². The van der Waals surface area contributed by atoms with Crippen molar-refractivity contribution in [3.05, 3.63) is 37.8 Å². The minimum Gasteiger partial charge on any atom is -0.800 e. The second kappa shape index (κ2) is 2.02. The third-order valence-corrected chi connectivity index (χ3v) is 1.12. The Kier molecular flexibility index (Phi) is 1.33. The number of aromatic nitrogens is 2. The van der Waals surface area contributed by atoms with Crippen LogP contribution in [0.1, 0.15) is 5.56 Å². The number of aryl methyl sites for hydroxylation is 1. The molecule has 1 rings (SSSR count). The maximum Gasteiger partial charge on any atom is 0.323 e. The van der Waals surface area contributed by atoms with Gasteiger partial charge in [0.05, 0.1) is 0 Å². The van der Waals surface area contributed by atoms with E-state index >= 15 is 0 Å². The zero-order valence-corrected chi connectivity index (χ0v) is 5.25. The molecule has 0 fully saturated rings. The van der Waals surface area contributed by atoms with Crippen LogP contribution in [0.15, 0.2) is 15.8 Å². The Morgan fingerprint density at radius 3 is 2.70 bits per heavy atom. The van der Waals surface area contributed by atoms with E-state index in [1.807, 2.05) is 0 Å². The molecule has 54 valence electrons. The van der Waals surface area contributed by atoms with E-state index in [-0.39, 0.29) is 10.3 Å². The molecule has 0 radical (unpaired) electrons. The summed E-state index contributed by atoms with van der Waals surface area (Å²) in [5, 5.41) is 10.4. The molecular formula is C5H5N2O3-. The molecule has 10 heavy (non-hydrogen) atoms. The van der Waals surface area contributed by atoms with Gasteiger partial charge in [-0.3, -0.25) is 9.52 Å². The van der Waals surface area contributed by atoms with Crippen LogP contribution in [-0.2, 0) is 0 Å². The SMILES string of the molecule is Cc1c[nH]c(=O)n([O-])c1=O. The van der Waals surface area contributed by atoms with Crippen molar-refractivity contribution in [3.63, 3.8) is 0 Å². The quantitative estimate of drug-likeness (QED) is 0.513. The summed E-state index contributed by atoms with van der Waals surface area (Å²) < 4.78 is -0.213. The maximum atomic E-state index is 10.6. The fourth-order valence-electron chi connectivity index (χ4n) is 0.543. The van der Waals surface area contributed by atoms with Crippen molar-refractivity contribution in [1.29, 1.82) is 0 Å². The van der Waals surface area contributed by atoms with Crippen molar-refractivity contribution in [2.24, 2.45) is 0 Å². The van der Waals surface area contributed by atoms with E-state index in [1.54, 1.807) is 0 Å². The summed E-state index contributed by atoms with van der Waals surface area (Å²) in [4.78, 5) is 23.1. The van der Waals surface area contributed by atoms with Gasteiger partial charge in [0, 0.05) is 11.8 Å². The molecule has 0 amide bonds. The van der Waals surface area contributed by atoms with Crippen LogP contribution in [0.5, 0.6) is 0 Å². The monoisotopic (exact) mass is 141 g/mol. The lowest BCUT2D eigenvalue weighted by Crippen LogP contribution is -2.32. The summed E-state index contributed by atoms with van der Waals surface area (Å²) in [5.41, 5.74) is -1.51. The topological polar surface area (TPSA) is 77.9 Å². The van der Waals surface area contributed by atoms with Crippen LogP contribution in [0, 0.1) is 12.1 Å². The number of nitrogens with zero attached hydrogens (tertiary/aromatic N) is 1. The third-order valence-electron chi connectivity index (χ3n) is 1.12. The standard InChI is InChI=1S/C5H5N2O3/c1-3-2-6-5(9)7(10)4(3)8/h2H,1H3,(H,6,9)/q-1. The summed E-state index contributed by atoms with van der Waals surface area (Å²) >= 11 is 0. The first-order valence-corrected chi connectivity index (χ1v) is 2.62.